The first kappa shape index (κ1) is 13.0. The maximum Gasteiger partial charge on any atom is 0.433 e. The lowest BCUT2D eigenvalue weighted by atomic mass is 10.1. The fourth-order valence-corrected chi connectivity index (χ4v) is 1.92. The number of halogens is 3. The molecule has 0 saturated carbocycles. The molecule has 2 rings (SSSR count). The molecule has 1 aliphatic heterocycles. The molecule has 1 aromatic heterocycles. The van der Waals surface area contributed by atoms with E-state index in [-0.39, 0.29) is 5.78 Å². The molecule has 0 amide bonds. The van der Waals surface area contributed by atoms with Crippen molar-refractivity contribution in [1.29, 1.82) is 0 Å². The largest absolute Gasteiger partial charge is 0.433 e. The van der Waals surface area contributed by atoms with Crippen molar-refractivity contribution < 1.29 is 18.0 Å². The molecule has 18 heavy (non-hydrogen) atoms. The van der Waals surface area contributed by atoms with Gasteiger partial charge in [0, 0.05) is 32.5 Å². The van der Waals surface area contributed by atoms with Gasteiger partial charge in [0.2, 0.25) is 0 Å². The first-order valence-corrected chi connectivity index (χ1v) is 5.72. The number of aromatic nitrogens is 1. The fourth-order valence-electron chi connectivity index (χ4n) is 1.92. The number of ketones is 1. The average molecular weight is 258 g/mol. The maximum atomic E-state index is 12.5. The van der Waals surface area contributed by atoms with E-state index < -0.39 is 11.9 Å². The van der Waals surface area contributed by atoms with E-state index in [0.717, 1.165) is 6.07 Å². The minimum absolute atomic E-state index is 0.211. The van der Waals surface area contributed by atoms with Crippen LogP contribution in [0.1, 0.15) is 24.2 Å². The Labute approximate surface area is 103 Å². The first-order valence-electron chi connectivity index (χ1n) is 5.72. The van der Waals surface area contributed by atoms with Crippen molar-refractivity contribution >= 4 is 5.78 Å². The molecule has 0 aromatic carbocycles. The Balaban J connectivity index is 2.03. The van der Waals surface area contributed by atoms with Gasteiger partial charge in [0.1, 0.15) is 11.5 Å². The van der Waals surface area contributed by atoms with Crippen molar-refractivity contribution in [3.63, 3.8) is 0 Å². The maximum absolute atomic E-state index is 12.5. The van der Waals surface area contributed by atoms with Crippen molar-refractivity contribution in [1.82, 2.24) is 9.88 Å². The van der Waals surface area contributed by atoms with Gasteiger partial charge < -0.3 is 0 Å². The molecule has 0 N–H and O–H groups in total. The topological polar surface area (TPSA) is 33.2 Å². The van der Waals surface area contributed by atoms with Crippen molar-refractivity contribution in [2.75, 3.05) is 13.1 Å². The molecule has 0 spiro atoms. The Morgan fingerprint density at radius 2 is 1.89 bits per heavy atom. The minimum atomic E-state index is -4.41. The van der Waals surface area contributed by atoms with E-state index in [1.807, 2.05) is 4.90 Å². The predicted octanol–water partition coefficient (Wildman–Crippen LogP) is 2.27. The van der Waals surface area contributed by atoms with Gasteiger partial charge in [0.25, 0.3) is 0 Å². The molecule has 0 radical (unpaired) electrons. The molecular weight excluding hydrogens is 245 g/mol. The highest BCUT2D eigenvalue weighted by atomic mass is 19.4. The van der Waals surface area contributed by atoms with Gasteiger partial charge in [-0.3, -0.25) is 9.69 Å². The summed E-state index contributed by atoms with van der Waals surface area (Å²) in [5, 5.41) is 0. The number of alkyl halides is 3. The predicted molar refractivity (Wildman–Crippen MR) is 58.8 cm³/mol. The molecule has 98 valence electrons. The van der Waals surface area contributed by atoms with Crippen molar-refractivity contribution in [3.05, 3.63) is 29.6 Å². The zero-order valence-corrected chi connectivity index (χ0v) is 9.70. The lowest BCUT2D eigenvalue weighted by Gasteiger charge is -2.25. The second-order valence-electron chi connectivity index (χ2n) is 4.33. The molecule has 0 bridgehead atoms. The third-order valence-electron chi connectivity index (χ3n) is 2.90. The number of likely N-dealkylation sites (tertiary alicyclic amines) is 1. The van der Waals surface area contributed by atoms with Crippen LogP contribution >= 0.6 is 0 Å². The normalized spacial score (nSPS) is 18.1. The second kappa shape index (κ2) is 5.06. The highest BCUT2D eigenvalue weighted by Crippen LogP contribution is 2.27. The number of rotatable bonds is 2. The number of pyridine rings is 1. The summed E-state index contributed by atoms with van der Waals surface area (Å²) in [6.07, 6.45) is -3.47. The van der Waals surface area contributed by atoms with Crippen LogP contribution in [0.4, 0.5) is 13.2 Å². The molecule has 1 aliphatic rings. The number of hydrogen-bond donors (Lipinski definition) is 0. The summed E-state index contributed by atoms with van der Waals surface area (Å²) in [6, 6.07) is 3.90. The van der Waals surface area contributed by atoms with Crippen LogP contribution in [0.5, 0.6) is 0 Å². The molecule has 1 saturated heterocycles. The van der Waals surface area contributed by atoms with Gasteiger partial charge in [0.15, 0.2) is 0 Å². The zero-order chi connectivity index (χ0) is 13.2. The highest BCUT2D eigenvalue weighted by Gasteiger charge is 2.32. The van der Waals surface area contributed by atoms with Crippen LogP contribution in [0, 0.1) is 0 Å². The smallest absolute Gasteiger partial charge is 0.300 e. The summed E-state index contributed by atoms with van der Waals surface area (Å²) in [5.41, 5.74) is -0.479. The van der Waals surface area contributed by atoms with Gasteiger partial charge in [-0.1, -0.05) is 6.07 Å². The second-order valence-corrected chi connectivity index (χ2v) is 4.33. The summed E-state index contributed by atoms with van der Waals surface area (Å²) in [4.78, 5) is 16.6. The fraction of sp³-hybridized carbons (Fsp3) is 0.500. The van der Waals surface area contributed by atoms with E-state index in [9.17, 15) is 18.0 Å². The summed E-state index contributed by atoms with van der Waals surface area (Å²) in [5.74, 6) is 0.211. The zero-order valence-electron chi connectivity index (χ0n) is 9.70. The molecule has 1 fully saturated rings. The first-order chi connectivity index (χ1) is 8.45. The number of piperidine rings is 1. The summed E-state index contributed by atoms with van der Waals surface area (Å²) in [7, 11) is 0. The quantitative estimate of drug-likeness (QED) is 0.815. The number of carbonyl (C=O) groups is 1. The summed E-state index contributed by atoms with van der Waals surface area (Å²) < 4.78 is 37.4. The lowest BCUT2D eigenvalue weighted by molar-refractivity contribution is -0.141. The molecule has 0 atom stereocenters. The number of Topliss-reactive ketones (excluding diaryl/α,β-unsaturated/α-hetero) is 1. The Hall–Kier alpha value is -1.43. The summed E-state index contributed by atoms with van der Waals surface area (Å²) >= 11 is 0. The average Bonchev–Trinajstić information content (AvgIpc) is 2.31. The van der Waals surface area contributed by atoms with E-state index in [2.05, 4.69) is 4.98 Å². The van der Waals surface area contributed by atoms with Crippen LogP contribution in [0.15, 0.2) is 18.2 Å². The van der Waals surface area contributed by atoms with Gasteiger partial charge in [-0.05, 0) is 12.1 Å². The summed E-state index contributed by atoms with van der Waals surface area (Å²) in [6.45, 7) is 1.55. The Bertz CT molecular complexity index is 435. The van der Waals surface area contributed by atoms with Crippen LogP contribution in [0.3, 0.4) is 0 Å². The van der Waals surface area contributed by atoms with Crippen LogP contribution in [0.25, 0.3) is 0 Å². The van der Waals surface area contributed by atoms with E-state index in [1.54, 1.807) is 6.07 Å². The number of nitrogens with zero attached hydrogens (tertiary/aromatic N) is 2. The van der Waals surface area contributed by atoms with Crippen molar-refractivity contribution in [3.8, 4) is 0 Å². The molecule has 3 nitrogen and oxygen atoms in total. The van der Waals surface area contributed by atoms with Gasteiger partial charge in [-0.15, -0.1) is 0 Å². The van der Waals surface area contributed by atoms with E-state index in [0.29, 0.717) is 38.2 Å². The van der Waals surface area contributed by atoms with Crippen molar-refractivity contribution in [2.24, 2.45) is 0 Å². The minimum Gasteiger partial charge on any atom is -0.300 e. The van der Waals surface area contributed by atoms with Gasteiger partial charge in [-0.25, -0.2) is 4.98 Å². The van der Waals surface area contributed by atoms with Crippen LogP contribution in [-0.2, 0) is 17.5 Å². The standard InChI is InChI=1S/C12H13F3N2O/c13-12(14,15)11-3-1-2-9(16-11)8-17-6-4-10(18)5-7-17/h1-3H,4-8H2. The van der Waals surface area contributed by atoms with E-state index in [1.165, 1.54) is 6.07 Å². The number of carbonyl (C=O) groups excluding carboxylic acids is 1. The molecule has 6 heteroatoms. The van der Waals surface area contributed by atoms with E-state index >= 15 is 0 Å². The molecule has 2 heterocycles. The van der Waals surface area contributed by atoms with Crippen molar-refractivity contribution in [2.45, 2.75) is 25.6 Å². The van der Waals surface area contributed by atoms with Crippen LogP contribution < -0.4 is 0 Å². The van der Waals surface area contributed by atoms with Gasteiger partial charge in [-0.2, -0.15) is 13.2 Å². The third kappa shape index (κ3) is 3.29. The van der Waals surface area contributed by atoms with Gasteiger partial charge >= 0.3 is 6.18 Å². The highest BCUT2D eigenvalue weighted by molar-refractivity contribution is 5.79. The monoisotopic (exact) mass is 258 g/mol. The van der Waals surface area contributed by atoms with E-state index in [4.69, 9.17) is 0 Å². The molecular formula is C12H13F3N2O. The van der Waals surface area contributed by atoms with Gasteiger partial charge in [0.05, 0.1) is 5.69 Å². The lowest BCUT2D eigenvalue weighted by Crippen LogP contribution is -2.33. The van der Waals surface area contributed by atoms with Crippen LogP contribution in [0.2, 0.25) is 0 Å². The van der Waals surface area contributed by atoms with Crippen LogP contribution in [-0.4, -0.2) is 28.8 Å². The third-order valence-corrected chi connectivity index (χ3v) is 2.90. The Kier molecular flexibility index (Phi) is 3.65. The molecule has 0 unspecified atom stereocenters. The Morgan fingerprint density at radius 3 is 2.50 bits per heavy atom. The molecule has 1 aromatic rings. The SMILES string of the molecule is O=C1CCN(Cc2cccc(C(F)(F)F)n2)CC1. The number of hydrogen-bond acceptors (Lipinski definition) is 3. The molecule has 0 aliphatic carbocycles. The Morgan fingerprint density at radius 1 is 1.22 bits per heavy atom.